The number of benzene rings is 2. The van der Waals surface area contributed by atoms with E-state index in [0.717, 1.165) is 41.6 Å². The molecule has 8 heteroatoms. The van der Waals surface area contributed by atoms with Crippen LogP contribution in [0.2, 0.25) is 0 Å². The molecule has 0 saturated heterocycles. The van der Waals surface area contributed by atoms with Crippen molar-refractivity contribution in [3.8, 4) is 23.8 Å². The number of aryl methyl sites for hydroxylation is 1. The number of unbranched alkanes of at least 4 members (excludes halogenated alkanes) is 1. The van der Waals surface area contributed by atoms with Crippen molar-refractivity contribution < 1.29 is 15.0 Å². The molecule has 0 aliphatic heterocycles. The molecule has 0 fully saturated rings. The molecule has 5 N–H and O–H groups in total. The number of carbonyl (C=O) groups excluding carboxylic acids is 1. The standard InChI is InChI=1S/C25H25N5O3/c1-3-5-9-20-29-22-23(30(20)14-16-7-6-8-19(31)24(16)33)17-11-10-15(13-27-21(32)4-2)12-18(17)28-25(22)26/h2,6-8,10-12,31,33H,3,5,9,13-14H2,1H3,(H2,26,28)(H,27,32). The van der Waals surface area contributed by atoms with Gasteiger partial charge in [-0.3, -0.25) is 4.79 Å². The highest BCUT2D eigenvalue weighted by molar-refractivity contribution is 6.06. The number of nitrogens with two attached hydrogens (primary N) is 1. The van der Waals surface area contributed by atoms with Crippen LogP contribution in [0.15, 0.2) is 36.4 Å². The van der Waals surface area contributed by atoms with Crippen LogP contribution in [0.1, 0.15) is 36.7 Å². The summed E-state index contributed by atoms with van der Waals surface area (Å²) in [6.45, 7) is 2.70. The summed E-state index contributed by atoms with van der Waals surface area (Å²) in [5, 5.41) is 23.8. The number of phenols is 2. The van der Waals surface area contributed by atoms with Crippen molar-refractivity contribution in [2.24, 2.45) is 0 Å². The highest BCUT2D eigenvalue weighted by Crippen LogP contribution is 2.33. The monoisotopic (exact) mass is 443 g/mol. The quantitative estimate of drug-likeness (QED) is 0.257. The lowest BCUT2D eigenvalue weighted by Crippen LogP contribution is -2.20. The molecule has 4 rings (SSSR count). The Hall–Kier alpha value is -4.25. The van der Waals surface area contributed by atoms with E-state index >= 15 is 0 Å². The Bertz CT molecular complexity index is 1400. The molecule has 33 heavy (non-hydrogen) atoms. The van der Waals surface area contributed by atoms with Crippen LogP contribution >= 0.6 is 0 Å². The van der Waals surface area contributed by atoms with Gasteiger partial charge in [-0.25, -0.2) is 9.97 Å². The van der Waals surface area contributed by atoms with Gasteiger partial charge in [-0.2, -0.15) is 0 Å². The molecular weight excluding hydrogens is 418 g/mol. The molecule has 1 amide bonds. The molecule has 0 aliphatic carbocycles. The van der Waals surface area contributed by atoms with E-state index in [0.29, 0.717) is 29.0 Å². The Kier molecular flexibility index (Phi) is 6.05. The van der Waals surface area contributed by atoms with Gasteiger partial charge >= 0.3 is 0 Å². The number of hydrogen-bond acceptors (Lipinski definition) is 6. The molecule has 0 unspecified atom stereocenters. The van der Waals surface area contributed by atoms with Gasteiger partial charge in [0.2, 0.25) is 0 Å². The Morgan fingerprint density at radius 1 is 1.24 bits per heavy atom. The minimum atomic E-state index is -0.484. The Morgan fingerprint density at radius 2 is 2.06 bits per heavy atom. The van der Waals surface area contributed by atoms with Gasteiger partial charge in [0.15, 0.2) is 17.3 Å². The summed E-state index contributed by atoms with van der Waals surface area (Å²) in [7, 11) is 0. The summed E-state index contributed by atoms with van der Waals surface area (Å²) < 4.78 is 2.03. The second-order valence-corrected chi connectivity index (χ2v) is 7.88. The van der Waals surface area contributed by atoms with Crippen molar-refractivity contribution in [2.75, 3.05) is 5.73 Å². The Morgan fingerprint density at radius 3 is 2.82 bits per heavy atom. The van der Waals surface area contributed by atoms with Crippen molar-refractivity contribution in [3.63, 3.8) is 0 Å². The number of pyridine rings is 1. The number of nitrogen functional groups attached to an aromatic ring is 1. The number of imidazole rings is 1. The predicted molar refractivity (Wildman–Crippen MR) is 128 cm³/mol. The summed E-state index contributed by atoms with van der Waals surface area (Å²) in [5.41, 5.74) is 9.78. The number of nitrogens with one attached hydrogen (secondary N) is 1. The van der Waals surface area contributed by atoms with E-state index in [2.05, 4.69) is 17.2 Å². The average molecular weight is 444 g/mol. The van der Waals surface area contributed by atoms with Crippen LogP contribution in [0.4, 0.5) is 5.82 Å². The first kappa shape index (κ1) is 22.0. The molecule has 0 atom stereocenters. The van der Waals surface area contributed by atoms with E-state index in [1.807, 2.05) is 28.7 Å². The number of aromatic hydroxyl groups is 2. The highest BCUT2D eigenvalue weighted by Gasteiger charge is 2.19. The number of hydrogen-bond donors (Lipinski definition) is 4. The maximum atomic E-state index is 11.4. The Labute approximate surface area is 191 Å². The molecule has 0 bridgehead atoms. The lowest BCUT2D eigenvalue weighted by atomic mass is 10.1. The molecular formula is C25H25N5O3. The van der Waals surface area contributed by atoms with Gasteiger partial charge < -0.3 is 25.8 Å². The number of amides is 1. The van der Waals surface area contributed by atoms with E-state index in [1.54, 1.807) is 12.1 Å². The fourth-order valence-electron chi connectivity index (χ4n) is 3.92. The molecule has 2 heterocycles. The number of fused-ring (bicyclic) bond motifs is 3. The summed E-state index contributed by atoms with van der Waals surface area (Å²) in [6, 6.07) is 10.6. The van der Waals surface area contributed by atoms with Crippen molar-refractivity contribution >= 4 is 33.7 Å². The van der Waals surface area contributed by atoms with Crippen LogP contribution in [-0.4, -0.2) is 30.7 Å². The van der Waals surface area contributed by atoms with Crippen molar-refractivity contribution in [1.29, 1.82) is 0 Å². The van der Waals surface area contributed by atoms with Crippen LogP contribution in [0.5, 0.6) is 11.5 Å². The minimum absolute atomic E-state index is 0.154. The zero-order valence-electron chi connectivity index (χ0n) is 18.3. The van der Waals surface area contributed by atoms with Crippen LogP contribution in [0.3, 0.4) is 0 Å². The smallest absolute Gasteiger partial charge is 0.295 e. The van der Waals surface area contributed by atoms with Crippen molar-refractivity contribution in [2.45, 2.75) is 39.3 Å². The average Bonchev–Trinajstić information content (AvgIpc) is 3.17. The number of carbonyl (C=O) groups is 1. The number of terminal acetylenes is 1. The zero-order valence-corrected chi connectivity index (χ0v) is 18.3. The zero-order chi connectivity index (χ0) is 23.5. The normalized spacial score (nSPS) is 11.0. The van der Waals surface area contributed by atoms with E-state index in [1.165, 1.54) is 6.07 Å². The predicted octanol–water partition coefficient (Wildman–Crippen LogP) is 3.22. The number of phenolic OH excluding ortho intramolecular Hbond substituents is 2. The van der Waals surface area contributed by atoms with Gasteiger partial charge in [0.1, 0.15) is 11.3 Å². The molecule has 0 radical (unpaired) electrons. The lowest BCUT2D eigenvalue weighted by molar-refractivity contribution is -0.115. The van der Waals surface area contributed by atoms with Crippen LogP contribution < -0.4 is 11.1 Å². The number of aromatic nitrogens is 3. The topological polar surface area (TPSA) is 126 Å². The first-order valence-corrected chi connectivity index (χ1v) is 10.7. The van der Waals surface area contributed by atoms with Gasteiger partial charge in [-0.15, -0.1) is 6.42 Å². The molecule has 2 aromatic heterocycles. The molecule has 0 aliphatic rings. The third-order valence-electron chi connectivity index (χ3n) is 5.61. The summed E-state index contributed by atoms with van der Waals surface area (Å²) in [4.78, 5) is 20.7. The molecule has 4 aromatic rings. The van der Waals surface area contributed by atoms with E-state index in [4.69, 9.17) is 17.1 Å². The molecule has 8 nitrogen and oxygen atoms in total. The number of nitrogens with zero attached hydrogens (tertiary/aromatic N) is 3. The Balaban J connectivity index is 1.88. The number of rotatable bonds is 7. The highest BCUT2D eigenvalue weighted by atomic mass is 16.3. The number of para-hydroxylation sites is 1. The molecule has 168 valence electrons. The second kappa shape index (κ2) is 9.09. The van der Waals surface area contributed by atoms with Crippen LogP contribution in [-0.2, 0) is 24.3 Å². The largest absolute Gasteiger partial charge is 0.504 e. The molecule has 0 spiro atoms. The molecule has 0 saturated carbocycles. The van der Waals surface area contributed by atoms with Gasteiger partial charge in [0.25, 0.3) is 5.91 Å². The summed E-state index contributed by atoms with van der Waals surface area (Å²) >= 11 is 0. The fraction of sp³-hybridized carbons (Fsp3) is 0.240. The maximum absolute atomic E-state index is 11.4. The van der Waals surface area contributed by atoms with Crippen LogP contribution in [0.25, 0.3) is 21.9 Å². The maximum Gasteiger partial charge on any atom is 0.295 e. The van der Waals surface area contributed by atoms with E-state index in [-0.39, 0.29) is 18.0 Å². The van der Waals surface area contributed by atoms with Gasteiger partial charge in [0.05, 0.1) is 17.6 Å². The minimum Gasteiger partial charge on any atom is -0.504 e. The van der Waals surface area contributed by atoms with Crippen molar-refractivity contribution in [3.05, 3.63) is 53.3 Å². The first-order chi connectivity index (χ1) is 15.9. The van der Waals surface area contributed by atoms with E-state index in [9.17, 15) is 15.0 Å². The summed E-state index contributed by atoms with van der Waals surface area (Å²) in [6.07, 6.45) is 7.80. The van der Waals surface area contributed by atoms with E-state index < -0.39 is 5.91 Å². The number of anilines is 1. The lowest BCUT2D eigenvalue weighted by Gasteiger charge is -2.13. The fourth-order valence-corrected chi connectivity index (χ4v) is 3.92. The second-order valence-electron chi connectivity index (χ2n) is 7.88. The molecule has 2 aromatic carbocycles. The third kappa shape index (κ3) is 4.26. The van der Waals surface area contributed by atoms with Crippen molar-refractivity contribution in [1.82, 2.24) is 19.9 Å². The first-order valence-electron chi connectivity index (χ1n) is 10.7. The third-order valence-corrected chi connectivity index (χ3v) is 5.61. The SMILES string of the molecule is C#CC(=O)NCc1ccc2c(c1)nc(N)c1nc(CCCC)n(Cc3cccc(O)c3O)c12. The summed E-state index contributed by atoms with van der Waals surface area (Å²) in [5.74, 6) is 2.36. The van der Waals surface area contributed by atoms with Gasteiger partial charge in [-0.05, 0) is 30.0 Å². The van der Waals surface area contributed by atoms with Crippen LogP contribution in [0, 0.1) is 12.3 Å². The van der Waals surface area contributed by atoms with Gasteiger partial charge in [-0.1, -0.05) is 37.6 Å². The van der Waals surface area contributed by atoms with Gasteiger partial charge in [0, 0.05) is 23.9 Å².